The van der Waals surface area contributed by atoms with Crippen LogP contribution in [0.4, 0.5) is 14.5 Å². The summed E-state index contributed by atoms with van der Waals surface area (Å²) in [5, 5.41) is 10.2. The maximum absolute atomic E-state index is 13.0. The molecule has 8 nitrogen and oxygen atoms in total. The molecule has 0 bridgehead atoms. The van der Waals surface area contributed by atoms with Gasteiger partial charge in [0.1, 0.15) is 12.2 Å². The zero-order valence-corrected chi connectivity index (χ0v) is 14.8. The Kier molecular flexibility index (Phi) is 4.94. The number of hydrogen-bond acceptors (Lipinski definition) is 5. The van der Waals surface area contributed by atoms with E-state index in [1.165, 1.54) is 22.7 Å². The Balaban J connectivity index is 1.81. The van der Waals surface area contributed by atoms with Crippen molar-refractivity contribution in [3.63, 3.8) is 0 Å². The third-order valence-corrected chi connectivity index (χ3v) is 4.29. The molecule has 1 aliphatic rings. The Hall–Kier alpha value is -2.49. The zero-order valence-electron chi connectivity index (χ0n) is 14.0. The number of anilines is 1. The minimum Gasteiger partial charge on any atom is -0.464 e. The van der Waals surface area contributed by atoms with E-state index in [-0.39, 0.29) is 28.9 Å². The number of halogens is 3. The van der Waals surface area contributed by atoms with Crippen molar-refractivity contribution in [3.8, 4) is 0 Å². The molecule has 26 heavy (non-hydrogen) atoms. The molecule has 1 N–H and O–H groups in total. The smallest absolute Gasteiger partial charge is 0.360 e. The number of carbonyl (C=O) groups is 2. The van der Waals surface area contributed by atoms with Gasteiger partial charge in [-0.15, -0.1) is 0 Å². The number of methoxy groups -OCH3 is 1. The van der Waals surface area contributed by atoms with Crippen molar-refractivity contribution < 1.29 is 23.1 Å². The van der Waals surface area contributed by atoms with Gasteiger partial charge in [0.2, 0.25) is 5.91 Å². The van der Waals surface area contributed by atoms with E-state index >= 15 is 0 Å². The maximum atomic E-state index is 13.0. The van der Waals surface area contributed by atoms with E-state index < -0.39 is 24.0 Å². The topological polar surface area (TPSA) is 91.0 Å². The molecular formula is C15H16ClF2N5O3. The molecule has 0 unspecified atom stereocenters. The highest BCUT2D eigenvalue weighted by molar-refractivity contribution is 6.32. The van der Waals surface area contributed by atoms with Crippen LogP contribution in [0, 0.1) is 0 Å². The number of rotatable bonds is 6. The third-order valence-electron chi connectivity index (χ3n) is 3.90. The average Bonchev–Trinajstić information content (AvgIpc) is 3.26. The summed E-state index contributed by atoms with van der Waals surface area (Å²) in [4.78, 5) is 24.0. The lowest BCUT2D eigenvalue weighted by molar-refractivity contribution is -0.117. The first-order valence-corrected chi connectivity index (χ1v) is 8.15. The lowest BCUT2D eigenvalue weighted by Gasteiger charge is -2.08. The quantitative estimate of drug-likeness (QED) is 0.769. The van der Waals surface area contributed by atoms with E-state index in [2.05, 4.69) is 20.3 Å². The lowest BCUT2D eigenvalue weighted by atomic mass is 10.2. The summed E-state index contributed by atoms with van der Waals surface area (Å²) in [5.74, 6) is -1.23. The van der Waals surface area contributed by atoms with Crippen molar-refractivity contribution in [2.45, 2.75) is 31.7 Å². The molecular weight excluding hydrogens is 372 g/mol. The summed E-state index contributed by atoms with van der Waals surface area (Å²) >= 11 is 6.02. The summed E-state index contributed by atoms with van der Waals surface area (Å²) in [7, 11) is 2.78. The van der Waals surface area contributed by atoms with Crippen LogP contribution in [0.15, 0.2) is 6.20 Å². The summed E-state index contributed by atoms with van der Waals surface area (Å²) in [5.41, 5.74) is 0.0108. The highest BCUT2D eigenvalue weighted by atomic mass is 35.5. The van der Waals surface area contributed by atoms with Crippen LogP contribution in [0.5, 0.6) is 0 Å². The first-order valence-electron chi connectivity index (χ1n) is 7.77. The predicted molar refractivity (Wildman–Crippen MR) is 87.3 cm³/mol. The molecule has 2 heterocycles. The third kappa shape index (κ3) is 3.55. The van der Waals surface area contributed by atoms with E-state index in [0.29, 0.717) is 5.69 Å². The molecule has 1 fully saturated rings. The Morgan fingerprint density at radius 1 is 1.42 bits per heavy atom. The normalized spacial score (nSPS) is 13.9. The molecule has 0 atom stereocenters. The second kappa shape index (κ2) is 7.02. The second-order valence-corrected chi connectivity index (χ2v) is 6.30. The standard InChI is InChI=1S/C15H16ClF2N5O3/c1-22-5-8(11(20-22)15(25)26-2)19-9(24)6-23-13(7-3-4-7)10(16)12(21-23)14(17)18/h5,7,14H,3-4,6H2,1-2H3,(H,19,24). The van der Waals surface area contributed by atoms with Crippen molar-refractivity contribution in [3.05, 3.63) is 28.3 Å². The number of hydrogen-bond donors (Lipinski definition) is 1. The molecule has 0 spiro atoms. The van der Waals surface area contributed by atoms with Crippen LogP contribution in [0.3, 0.4) is 0 Å². The van der Waals surface area contributed by atoms with Crippen LogP contribution in [0.1, 0.15) is 47.1 Å². The number of nitrogens with one attached hydrogen (secondary N) is 1. The molecule has 1 saturated carbocycles. The minimum absolute atomic E-state index is 0.0272. The second-order valence-electron chi connectivity index (χ2n) is 5.92. The fourth-order valence-electron chi connectivity index (χ4n) is 2.63. The van der Waals surface area contributed by atoms with E-state index in [4.69, 9.17) is 11.6 Å². The first-order chi connectivity index (χ1) is 12.3. The molecule has 2 aromatic rings. The van der Waals surface area contributed by atoms with Gasteiger partial charge in [-0.25, -0.2) is 13.6 Å². The van der Waals surface area contributed by atoms with Gasteiger partial charge >= 0.3 is 5.97 Å². The van der Waals surface area contributed by atoms with E-state index in [1.54, 1.807) is 7.05 Å². The number of ether oxygens (including phenoxy) is 1. The van der Waals surface area contributed by atoms with Crippen LogP contribution >= 0.6 is 11.6 Å². The highest BCUT2D eigenvalue weighted by Crippen LogP contribution is 2.45. The number of aromatic nitrogens is 4. The van der Waals surface area contributed by atoms with Crippen molar-refractivity contribution >= 4 is 29.2 Å². The van der Waals surface area contributed by atoms with Gasteiger partial charge in [0, 0.05) is 19.2 Å². The zero-order chi connectivity index (χ0) is 19.0. The van der Waals surface area contributed by atoms with Crippen LogP contribution in [0.2, 0.25) is 5.02 Å². The number of nitrogens with zero attached hydrogens (tertiary/aromatic N) is 4. The summed E-state index contributed by atoms with van der Waals surface area (Å²) < 4.78 is 33.3. The molecule has 0 aromatic carbocycles. The number of amides is 1. The van der Waals surface area contributed by atoms with Crippen LogP contribution in [-0.2, 0) is 23.1 Å². The van der Waals surface area contributed by atoms with Crippen LogP contribution < -0.4 is 5.32 Å². The van der Waals surface area contributed by atoms with E-state index in [1.807, 2.05) is 0 Å². The molecule has 0 aliphatic heterocycles. The SMILES string of the molecule is COC(=O)c1nn(C)cc1NC(=O)Cn1nc(C(F)F)c(Cl)c1C1CC1. The highest BCUT2D eigenvalue weighted by Gasteiger charge is 2.34. The van der Waals surface area contributed by atoms with E-state index in [9.17, 15) is 18.4 Å². The van der Waals surface area contributed by atoms with Gasteiger partial charge in [-0.3, -0.25) is 14.2 Å². The van der Waals surface area contributed by atoms with Gasteiger partial charge in [0.25, 0.3) is 6.43 Å². The minimum atomic E-state index is -2.83. The maximum Gasteiger partial charge on any atom is 0.360 e. The van der Waals surface area contributed by atoms with Gasteiger partial charge in [0.05, 0.1) is 23.5 Å². The van der Waals surface area contributed by atoms with Gasteiger partial charge in [-0.1, -0.05) is 11.6 Å². The molecule has 11 heteroatoms. The average molecular weight is 388 g/mol. The van der Waals surface area contributed by atoms with Gasteiger partial charge in [0.15, 0.2) is 5.69 Å². The fourth-order valence-corrected chi connectivity index (χ4v) is 3.00. The Bertz CT molecular complexity index is 860. The van der Waals surface area contributed by atoms with Crippen molar-refractivity contribution in [2.24, 2.45) is 7.05 Å². The van der Waals surface area contributed by atoms with Gasteiger partial charge < -0.3 is 10.1 Å². The fraction of sp³-hybridized carbons (Fsp3) is 0.467. The molecule has 140 valence electrons. The Labute approximate surface area is 152 Å². The number of esters is 1. The van der Waals surface area contributed by atoms with Crippen molar-refractivity contribution in [2.75, 3.05) is 12.4 Å². The van der Waals surface area contributed by atoms with Crippen LogP contribution in [-0.4, -0.2) is 38.5 Å². The largest absolute Gasteiger partial charge is 0.464 e. The van der Waals surface area contributed by atoms with Crippen molar-refractivity contribution in [1.29, 1.82) is 0 Å². The molecule has 1 aliphatic carbocycles. The molecule has 0 radical (unpaired) electrons. The monoisotopic (exact) mass is 387 g/mol. The predicted octanol–water partition coefficient (Wildman–Crippen LogP) is 2.51. The molecule has 1 amide bonds. The van der Waals surface area contributed by atoms with Gasteiger partial charge in [-0.2, -0.15) is 10.2 Å². The molecule has 0 saturated heterocycles. The Morgan fingerprint density at radius 3 is 2.69 bits per heavy atom. The summed E-state index contributed by atoms with van der Waals surface area (Å²) in [6, 6.07) is 0. The number of carbonyl (C=O) groups excluding carboxylic acids is 2. The summed E-state index contributed by atoms with van der Waals surface area (Å²) in [6.07, 6.45) is 0.232. The Morgan fingerprint density at radius 2 is 2.12 bits per heavy atom. The lowest BCUT2D eigenvalue weighted by Crippen LogP contribution is -2.22. The van der Waals surface area contributed by atoms with E-state index in [0.717, 1.165) is 12.8 Å². The van der Waals surface area contributed by atoms with Crippen LogP contribution in [0.25, 0.3) is 0 Å². The number of aryl methyl sites for hydroxylation is 1. The molecule has 3 rings (SSSR count). The first kappa shape index (κ1) is 18.3. The van der Waals surface area contributed by atoms with Gasteiger partial charge in [-0.05, 0) is 12.8 Å². The van der Waals surface area contributed by atoms with Crippen molar-refractivity contribution in [1.82, 2.24) is 19.6 Å². The summed E-state index contributed by atoms with van der Waals surface area (Å²) in [6.45, 7) is -0.312. The number of alkyl halides is 2. The molecule has 2 aromatic heterocycles.